The summed E-state index contributed by atoms with van der Waals surface area (Å²) in [5.74, 6) is 0.349. The highest BCUT2D eigenvalue weighted by atomic mass is 14.3. The third-order valence-corrected chi connectivity index (χ3v) is 9.59. The number of hydrogen-bond donors (Lipinski definition) is 0. The zero-order valence-electron chi connectivity index (χ0n) is 24.4. The average Bonchev–Trinajstić information content (AvgIpc) is 3.10. The predicted octanol–water partition coefficient (Wildman–Crippen LogP) is 12.0. The smallest absolute Gasteiger partial charge is 0.0136 e. The fourth-order valence-electron chi connectivity index (χ4n) is 7.55. The zero-order chi connectivity index (χ0) is 29.0. The van der Waals surface area contributed by atoms with E-state index in [0.29, 0.717) is 5.92 Å². The molecule has 0 heteroatoms. The molecule has 0 radical (unpaired) electrons. The van der Waals surface area contributed by atoms with Crippen molar-refractivity contribution in [3.63, 3.8) is 0 Å². The fraction of sp³-hybridized carbons (Fsp3) is 0.0455. The van der Waals surface area contributed by atoms with Crippen LogP contribution in [0.5, 0.6) is 0 Å². The van der Waals surface area contributed by atoms with E-state index in [-0.39, 0.29) is 0 Å². The van der Waals surface area contributed by atoms with Gasteiger partial charge in [-0.15, -0.1) is 0 Å². The monoisotopic (exact) mass is 558 g/mol. The van der Waals surface area contributed by atoms with Gasteiger partial charge in [0.1, 0.15) is 0 Å². The first-order valence-electron chi connectivity index (χ1n) is 15.5. The molecular weight excluding hydrogens is 528 g/mol. The first kappa shape index (κ1) is 25.1. The van der Waals surface area contributed by atoms with E-state index in [1.54, 1.807) is 0 Å². The SMILES string of the molecule is C1=CC(c2c3ccccc3c(-c3ccc(-c4ccccc4)cc3)c3ccccc23)=C2C=Cc3cc4ccccc4cc3C2C1. The van der Waals surface area contributed by atoms with Gasteiger partial charge in [-0.05, 0) is 101 Å². The van der Waals surface area contributed by atoms with Crippen LogP contribution in [0.2, 0.25) is 0 Å². The molecule has 206 valence electrons. The summed E-state index contributed by atoms with van der Waals surface area (Å²) in [7, 11) is 0. The Morgan fingerprint density at radius 3 is 1.66 bits per heavy atom. The summed E-state index contributed by atoms with van der Waals surface area (Å²) in [6, 6.07) is 51.2. The van der Waals surface area contributed by atoms with Crippen LogP contribution in [0, 0.1) is 0 Å². The molecule has 0 saturated heterocycles. The van der Waals surface area contributed by atoms with E-state index in [0.717, 1.165) is 6.42 Å². The van der Waals surface area contributed by atoms with Crippen molar-refractivity contribution in [2.75, 3.05) is 0 Å². The average molecular weight is 559 g/mol. The second kappa shape index (κ2) is 10.1. The Hall–Kier alpha value is -5.46. The van der Waals surface area contributed by atoms with Crippen LogP contribution < -0.4 is 0 Å². The van der Waals surface area contributed by atoms with Gasteiger partial charge in [0.15, 0.2) is 0 Å². The Balaban J connectivity index is 1.27. The number of fused-ring (bicyclic) bond motifs is 6. The highest BCUT2D eigenvalue weighted by Gasteiger charge is 2.28. The summed E-state index contributed by atoms with van der Waals surface area (Å²) in [4.78, 5) is 0. The topological polar surface area (TPSA) is 0 Å². The highest BCUT2D eigenvalue weighted by molar-refractivity contribution is 6.20. The van der Waals surface area contributed by atoms with Crippen LogP contribution in [0.15, 0.2) is 163 Å². The minimum atomic E-state index is 0.349. The highest BCUT2D eigenvalue weighted by Crippen LogP contribution is 2.49. The molecular formula is C44H30. The number of benzene rings is 7. The molecule has 1 unspecified atom stereocenters. The Morgan fingerprint density at radius 2 is 0.977 bits per heavy atom. The van der Waals surface area contributed by atoms with E-state index < -0.39 is 0 Å². The molecule has 0 nitrogen and oxygen atoms in total. The Morgan fingerprint density at radius 1 is 0.432 bits per heavy atom. The summed E-state index contributed by atoms with van der Waals surface area (Å²) in [5, 5.41) is 7.82. The van der Waals surface area contributed by atoms with Crippen molar-refractivity contribution in [2.24, 2.45) is 0 Å². The Kier molecular flexibility index (Phi) is 5.74. The number of allylic oxidation sites excluding steroid dienone is 5. The van der Waals surface area contributed by atoms with E-state index in [9.17, 15) is 0 Å². The van der Waals surface area contributed by atoms with Crippen LogP contribution in [0.1, 0.15) is 29.0 Å². The van der Waals surface area contributed by atoms with Gasteiger partial charge in [0.05, 0.1) is 0 Å². The molecule has 0 N–H and O–H groups in total. The van der Waals surface area contributed by atoms with Crippen molar-refractivity contribution in [2.45, 2.75) is 12.3 Å². The molecule has 9 rings (SSSR count). The molecule has 0 aliphatic heterocycles. The van der Waals surface area contributed by atoms with Crippen LogP contribution >= 0.6 is 0 Å². The summed E-state index contributed by atoms with van der Waals surface area (Å²) in [5.41, 5.74) is 11.9. The van der Waals surface area contributed by atoms with Crippen LogP contribution in [-0.4, -0.2) is 0 Å². The molecule has 44 heavy (non-hydrogen) atoms. The van der Waals surface area contributed by atoms with Crippen molar-refractivity contribution in [3.05, 3.63) is 180 Å². The second-order valence-corrected chi connectivity index (χ2v) is 12.0. The van der Waals surface area contributed by atoms with Gasteiger partial charge in [0.2, 0.25) is 0 Å². The lowest BCUT2D eigenvalue weighted by Crippen LogP contribution is -2.11. The molecule has 0 aromatic heterocycles. The number of rotatable bonds is 3. The van der Waals surface area contributed by atoms with Crippen molar-refractivity contribution in [3.8, 4) is 22.3 Å². The largest absolute Gasteiger partial charge is 0.0830 e. The van der Waals surface area contributed by atoms with E-state index in [1.165, 1.54) is 82.4 Å². The van der Waals surface area contributed by atoms with Crippen LogP contribution in [0.3, 0.4) is 0 Å². The van der Waals surface area contributed by atoms with Crippen LogP contribution in [0.25, 0.3) is 66.2 Å². The van der Waals surface area contributed by atoms with Crippen LogP contribution in [0.4, 0.5) is 0 Å². The fourth-order valence-corrected chi connectivity index (χ4v) is 7.55. The van der Waals surface area contributed by atoms with Gasteiger partial charge in [-0.1, -0.05) is 152 Å². The van der Waals surface area contributed by atoms with E-state index >= 15 is 0 Å². The zero-order valence-corrected chi connectivity index (χ0v) is 24.4. The lowest BCUT2D eigenvalue weighted by atomic mass is 9.73. The third-order valence-electron chi connectivity index (χ3n) is 9.59. The minimum absolute atomic E-state index is 0.349. The van der Waals surface area contributed by atoms with Gasteiger partial charge < -0.3 is 0 Å². The van der Waals surface area contributed by atoms with E-state index in [1.807, 2.05) is 0 Å². The quantitative estimate of drug-likeness (QED) is 0.189. The van der Waals surface area contributed by atoms with Gasteiger partial charge in [-0.25, -0.2) is 0 Å². The maximum Gasteiger partial charge on any atom is 0.0136 e. The maximum absolute atomic E-state index is 2.42. The van der Waals surface area contributed by atoms with E-state index in [4.69, 9.17) is 0 Å². The lowest BCUT2D eigenvalue weighted by molar-refractivity contribution is 0.817. The van der Waals surface area contributed by atoms with Crippen molar-refractivity contribution >= 4 is 44.0 Å². The molecule has 7 aromatic rings. The Bertz CT molecular complexity index is 2270. The predicted molar refractivity (Wildman–Crippen MR) is 189 cm³/mol. The first-order valence-corrected chi connectivity index (χ1v) is 15.5. The van der Waals surface area contributed by atoms with Gasteiger partial charge in [-0.3, -0.25) is 0 Å². The molecule has 0 amide bonds. The first-order chi connectivity index (χ1) is 21.8. The van der Waals surface area contributed by atoms with Crippen molar-refractivity contribution in [1.82, 2.24) is 0 Å². The molecule has 1 atom stereocenters. The van der Waals surface area contributed by atoms with E-state index in [2.05, 4.69) is 164 Å². The normalized spacial score (nSPS) is 15.6. The molecule has 0 heterocycles. The summed E-state index contributed by atoms with van der Waals surface area (Å²) in [6.07, 6.45) is 10.5. The molecule has 0 fully saturated rings. The molecule has 2 aliphatic carbocycles. The molecule has 2 aliphatic rings. The molecule has 0 saturated carbocycles. The van der Waals surface area contributed by atoms with Crippen molar-refractivity contribution in [1.29, 1.82) is 0 Å². The van der Waals surface area contributed by atoms with Gasteiger partial charge in [0, 0.05) is 5.92 Å². The standard InChI is InChI=1S/C44H30/c1-2-11-29(12-3-1)30-21-23-31(24-22-30)43-38-15-6-8-17-40(38)44(41-18-9-7-16-39(41)43)37-20-10-19-35-36(37)26-25-34-27-32-13-4-5-14-33(32)28-42(34)35/h1-18,20-28,35H,19H2. The molecule has 7 aromatic carbocycles. The lowest BCUT2D eigenvalue weighted by Gasteiger charge is -2.30. The third kappa shape index (κ3) is 3.92. The second-order valence-electron chi connectivity index (χ2n) is 12.0. The summed E-state index contributed by atoms with van der Waals surface area (Å²) >= 11 is 0. The maximum atomic E-state index is 2.42. The Labute approximate surface area is 257 Å². The summed E-state index contributed by atoms with van der Waals surface area (Å²) < 4.78 is 0. The molecule has 0 spiro atoms. The van der Waals surface area contributed by atoms with Gasteiger partial charge in [0.25, 0.3) is 0 Å². The number of hydrogen-bond acceptors (Lipinski definition) is 0. The van der Waals surface area contributed by atoms with Gasteiger partial charge in [-0.2, -0.15) is 0 Å². The van der Waals surface area contributed by atoms with Crippen molar-refractivity contribution < 1.29 is 0 Å². The van der Waals surface area contributed by atoms with Gasteiger partial charge >= 0.3 is 0 Å². The minimum Gasteiger partial charge on any atom is -0.0830 e. The van der Waals surface area contributed by atoms with Crippen LogP contribution in [-0.2, 0) is 0 Å². The molecule has 0 bridgehead atoms. The summed E-state index contributed by atoms with van der Waals surface area (Å²) in [6.45, 7) is 0.